The summed E-state index contributed by atoms with van der Waals surface area (Å²) in [5, 5.41) is 9.95. The average molecular weight is 352 g/mol. The van der Waals surface area contributed by atoms with Gasteiger partial charge in [0.15, 0.2) is 12.2 Å². The molecule has 0 aromatic heterocycles. The van der Waals surface area contributed by atoms with Crippen LogP contribution in [0.3, 0.4) is 0 Å². The summed E-state index contributed by atoms with van der Waals surface area (Å²) in [6.45, 7) is 8.10. The van der Waals surface area contributed by atoms with Crippen molar-refractivity contribution in [3.8, 4) is 0 Å². The molecule has 140 valence electrons. The molecule has 1 aliphatic heterocycles. The maximum atomic E-state index is 12.1. The first-order valence-electron chi connectivity index (χ1n) is 8.54. The molecule has 0 spiro atoms. The van der Waals surface area contributed by atoms with Gasteiger partial charge in [0, 0.05) is 6.08 Å². The summed E-state index contributed by atoms with van der Waals surface area (Å²) in [5.41, 5.74) is -0.560. The van der Waals surface area contributed by atoms with E-state index in [0.717, 1.165) is 0 Å². The lowest BCUT2D eigenvalue weighted by Crippen LogP contribution is -2.37. The molecule has 1 fully saturated rings. The van der Waals surface area contributed by atoms with Crippen molar-refractivity contribution in [2.24, 2.45) is 5.92 Å². The van der Waals surface area contributed by atoms with Crippen molar-refractivity contribution in [2.45, 2.75) is 51.9 Å². The minimum atomic E-state index is -1.15. The molecule has 0 aromatic rings. The molecule has 0 aromatic carbocycles. The molecule has 1 aliphatic rings. The maximum Gasteiger partial charge on any atom is 0.335 e. The Kier molecular flexibility index (Phi) is 8.58. The van der Waals surface area contributed by atoms with Gasteiger partial charge in [0.1, 0.15) is 5.60 Å². The second-order valence-corrected chi connectivity index (χ2v) is 6.17. The molecule has 4 atom stereocenters. The maximum absolute atomic E-state index is 12.1. The number of esters is 2. The van der Waals surface area contributed by atoms with Crippen LogP contribution >= 0.6 is 0 Å². The van der Waals surface area contributed by atoms with Crippen LogP contribution in [-0.4, -0.2) is 48.1 Å². The van der Waals surface area contributed by atoms with E-state index in [4.69, 9.17) is 14.2 Å². The third kappa shape index (κ3) is 7.23. The molecule has 0 radical (unpaired) electrons. The zero-order chi connectivity index (χ0) is 18.9. The molecule has 6 nitrogen and oxygen atoms in total. The number of hydrogen-bond acceptors (Lipinski definition) is 6. The molecule has 1 saturated heterocycles. The molecular formula is C19H28O6. The van der Waals surface area contributed by atoms with Crippen molar-refractivity contribution < 1.29 is 28.9 Å². The number of hydrogen-bond donors (Lipinski definition) is 1. The van der Waals surface area contributed by atoms with Gasteiger partial charge in [0.25, 0.3) is 0 Å². The predicted molar refractivity (Wildman–Crippen MR) is 93.8 cm³/mol. The highest BCUT2D eigenvalue weighted by Gasteiger charge is 2.48. The molecule has 25 heavy (non-hydrogen) atoms. The molecule has 0 aliphatic carbocycles. The van der Waals surface area contributed by atoms with Crippen molar-refractivity contribution in [3.63, 3.8) is 0 Å². The molecule has 1 heterocycles. The fraction of sp³-hybridized carbons (Fsp3) is 0.579. The second-order valence-electron chi connectivity index (χ2n) is 6.17. The fourth-order valence-electron chi connectivity index (χ4n) is 1.91. The predicted octanol–water partition coefficient (Wildman–Crippen LogP) is 2.33. The molecule has 0 unspecified atom stereocenters. The van der Waals surface area contributed by atoms with Gasteiger partial charge in [-0.1, -0.05) is 44.6 Å². The minimum absolute atomic E-state index is 0.169. The summed E-state index contributed by atoms with van der Waals surface area (Å²) >= 11 is 0. The Hall–Kier alpha value is -1.92. The second kappa shape index (κ2) is 10.2. The Morgan fingerprint density at radius 3 is 2.44 bits per heavy atom. The van der Waals surface area contributed by atoms with Crippen LogP contribution in [0.25, 0.3) is 0 Å². The van der Waals surface area contributed by atoms with Crippen LogP contribution in [0.2, 0.25) is 0 Å². The van der Waals surface area contributed by atoms with E-state index in [0.29, 0.717) is 19.6 Å². The lowest BCUT2D eigenvalue weighted by Gasteiger charge is -2.22. The molecule has 6 heteroatoms. The van der Waals surface area contributed by atoms with Crippen molar-refractivity contribution in [3.05, 3.63) is 36.5 Å². The molecule has 0 amide bonds. The largest absolute Gasteiger partial charge is 0.463 e. The molecule has 0 bridgehead atoms. The van der Waals surface area contributed by atoms with Crippen LogP contribution in [0.4, 0.5) is 0 Å². The van der Waals surface area contributed by atoms with Gasteiger partial charge in [0.05, 0.1) is 13.2 Å². The zero-order valence-corrected chi connectivity index (χ0v) is 15.3. The van der Waals surface area contributed by atoms with Crippen molar-refractivity contribution in [2.75, 3.05) is 13.2 Å². The number of epoxide rings is 1. The van der Waals surface area contributed by atoms with Gasteiger partial charge < -0.3 is 19.3 Å². The van der Waals surface area contributed by atoms with E-state index in [2.05, 4.69) is 0 Å². The summed E-state index contributed by atoms with van der Waals surface area (Å²) in [7, 11) is 0. The van der Waals surface area contributed by atoms with Crippen molar-refractivity contribution in [1.29, 1.82) is 0 Å². The van der Waals surface area contributed by atoms with Gasteiger partial charge in [-0.15, -0.1) is 0 Å². The Labute approximate surface area is 149 Å². The van der Waals surface area contributed by atoms with Gasteiger partial charge in [-0.05, 0) is 25.8 Å². The minimum Gasteiger partial charge on any atom is -0.463 e. The summed E-state index contributed by atoms with van der Waals surface area (Å²) in [5.74, 6) is -1.22. The summed E-state index contributed by atoms with van der Waals surface area (Å²) in [6, 6.07) is 0. The highest BCUT2D eigenvalue weighted by Crippen LogP contribution is 2.33. The normalized spacial score (nSPS) is 23.7. The van der Waals surface area contributed by atoms with E-state index in [9.17, 15) is 14.7 Å². The first-order valence-corrected chi connectivity index (χ1v) is 8.54. The van der Waals surface area contributed by atoms with E-state index in [-0.39, 0.29) is 5.92 Å². The Balaban J connectivity index is 2.60. The van der Waals surface area contributed by atoms with Crippen molar-refractivity contribution >= 4 is 11.9 Å². The monoisotopic (exact) mass is 352 g/mol. The number of rotatable bonds is 10. The van der Waals surface area contributed by atoms with Crippen LogP contribution in [0.15, 0.2) is 36.5 Å². The summed E-state index contributed by atoms with van der Waals surface area (Å²) in [4.78, 5) is 23.2. The van der Waals surface area contributed by atoms with Gasteiger partial charge in [-0.3, -0.25) is 0 Å². The quantitative estimate of drug-likeness (QED) is 0.281. The van der Waals surface area contributed by atoms with Crippen molar-refractivity contribution in [1.82, 2.24) is 0 Å². The number of aliphatic hydroxyl groups excluding tert-OH is 1. The summed E-state index contributed by atoms with van der Waals surface area (Å²) in [6.07, 6.45) is 8.59. The number of ether oxygens (including phenoxy) is 3. The van der Waals surface area contributed by atoms with Crippen LogP contribution in [0.5, 0.6) is 0 Å². The zero-order valence-electron chi connectivity index (χ0n) is 15.3. The average Bonchev–Trinajstić information content (AvgIpc) is 3.34. The first-order chi connectivity index (χ1) is 11.8. The Bertz CT molecular complexity index is 530. The number of aliphatic hydroxyl groups is 1. The first kappa shape index (κ1) is 21.1. The SMILES string of the molecule is CCOC(=O)/C=C/C=C/C=C\[C@@H](OC(=O)[C@H](O)[C@@H](C)CC)[C@]1(C)CO1. The molecule has 1 rings (SSSR count). The van der Waals surface area contributed by atoms with Gasteiger partial charge in [-0.2, -0.15) is 0 Å². The van der Waals surface area contributed by atoms with E-state index in [1.807, 2.05) is 13.8 Å². The van der Waals surface area contributed by atoms with E-state index in [1.165, 1.54) is 6.08 Å². The van der Waals surface area contributed by atoms with Gasteiger partial charge in [0.2, 0.25) is 0 Å². The molecular weight excluding hydrogens is 324 g/mol. The van der Waals surface area contributed by atoms with E-state index >= 15 is 0 Å². The topological polar surface area (TPSA) is 85.4 Å². The van der Waals surface area contributed by atoms with Crippen LogP contribution in [-0.2, 0) is 23.8 Å². The van der Waals surface area contributed by atoms with Gasteiger partial charge >= 0.3 is 11.9 Å². The Morgan fingerprint density at radius 1 is 1.24 bits per heavy atom. The summed E-state index contributed by atoms with van der Waals surface area (Å²) < 4.78 is 15.5. The van der Waals surface area contributed by atoms with Crippen LogP contribution in [0, 0.1) is 5.92 Å². The smallest absolute Gasteiger partial charge is 0.335 e. The standard InChI is InChI=1S/C19H28O6/c1-5-14(3)17(21)18(22)25-15(19(4)13-24-19)11-9-7-8-10-12-16(20)23-6-2/h7-12,14-15,17,21H,5-6,13H2,1-4H3/b8-7+,11-9-,12-10+/t14-,15+,17+,19-/m0/s1. The Morgan fingerprint density at radius 2 is 1.88 bits per heavy atom. The highest BCUT2D eigenvalue weighted by molar-refractivity contribution is 5.82. The van der Waals surface area contributed by atoms with E-state index < -0.39 is 29.7 Å². The lowest BCUT2D eigenvalue weighted by molar-refractivity contribution is -0.162. The number of carbonyl (C=O) groups excluding carboxylic acids is 2. The highest BCUT2D eigenvalue weighted by atomic mass is 16.6. The third-order valence-corrected chi connectivity index (χ3v) is 4.01. The fourth-order valence-corrected chi connectivity index (χ4v) is 1.91. The van der Waals surface area contributed by atoms with E-state index in [1.54, 1.807) is 44.2 Å². The van der Waals surface area contributed by atoms with Crippen LogP contribution < -0.4 is 0 Å². The lowest BCUT2D eigenvalue weighted by atomic mass is 10.0. The molecule has 1 N–H and O–H groups in total. The number of carbonyl (C=O) groups is 2. The third-order valence-electron chi connectivity index (χ3n) is 4.01. The van der Waals surface area contributed by atoms with Crippen LogP contribution in [0.1, 0.15) is 34.1 Å². The number of allylic oxidation sites excluding steroid dienone is 4. The molecule has 0 saturated carbocycles. The van der Waals surface area contributed by atoms with Gasteiger partial charge in [-0.25, -0.2) is 9.59 Å².